The van der Waals surface area contributed by atoms with Crippen molar-refractivity contribution in [3.63, 3.8) is 0 Å². The largest absolute Gasteiger partial charge is 0.493 e. The number of rotatable bonds is 7. The fourth-order valence-corrected chi connectivity index (χ4v) is 2.82. The molecule has 134 valence electrons. The lowest BCUT2D eigenvalue weighted by atomic mass is 10.1. The van der Waals surface area contributed by atoms with Crippen LogP contribution in [0.25, 0.3) is 0 Å². The lowest BCUT2D eigenvalue weighted by Gasteiger charge is -2.35. The summed E-state index contributed by atoms with van der Waals surface area (Å²) in [4.78, 5) is 16.7. The highest BCUT2D eigenvalue weighted by atomic mass is 16.5. The molecule has 1 amide bonds. The van der Waals surface area contributed by atoms with E-state index >= 15 is 0 Å². The number of piperazine rings is 1. The summed E-state index contributed by atoms with van der Waals surface area (Å²) in [7, 11) is 1.58. The SMILES string of the molecule is CCCOc1ccc(C(=O)N2CCN(C[C@H](C)O)CC2)cc1OC. The highest BCUT2D eigenvalue weighted by Crippen LogP contribution is 2.28. The fraction of sp³-hybridized carbons (Fsp3) is 0.611. The molecule has 0 unspecified atom stereocenters. The summed E-state index contributed by atoms with van der Waals surface area (Å²) in [6.45, 7) is 8.00. The molecule has 0 aromatic heterocycles. The van der Waals surface area contributed by atoms with Gasteiger partial charge in [0, 0.05) is 38.3 Å². The number of ether oxygens (including phenoxy) is 2. The molecule has 1 aliphatic rings. The minimum Gasteiger partial charge on any atom is -0.493 e. The van der Waals surface area contributed by atoms with E-state index in [1.807, 2.05) is 11.8 Å². The van der Waals surface area contributed by atoms with Gasteiger partial charge in [-0.05, 0) is 31.5 Å². The maximum atomic E-state index is 12.7. The van der Waals surface area contributed by atoms with Crippen LogP contribution in [0.5, 0.6) is 11.5 Å². The number of carbonyl (C=O) groups excluding carboxylic acids is 1. The summed E-state index contributed by atoms with van der Waals surface area (Å²) in [5.41, 5.74) is 0.611. The Labute approximate surface area is 144 Å². The summed E-state index contributed by atoms with van der Waals surface area (Å²) in [6.07, 6.45) is 0.577. The molecule has 1 atom stereocenters. The molecule has 0 radical (unpaired) electrons. The second-order valence-electron chi connectivity index (χ2n) is 6.16. The van der Waals surface area contributed by atoms with Crippen molar-refractivity contribution in [2.45, 2.75) is 26.4 Å². The topological polar surface area (TPSA) is 62.2 Å². The highest BCUT2D eigenvalue weighted by molar-refractivity contribution is 5.95. The lowest BCUT2D eigenvalue weighted by Crippen LogP contribution is -2.50. The Morgan fingerprint density at radius 3 is 2.54 bits per heavy atom. The molecule has 1 aromatic carbocycles. The molecule has 0 aliphatic carbocycles. The van der Waals surface area contributed by atoms with Crippen molar-refractivity contribution in [1.82, 2.24) is 9.80 Å². The van der Waals surface area contributed by atoms with Gasteiger partial charge < -0.3 is 19.5 Å². The monoisotopic (exact) mass is 336 g/mol. The third kappa shape index (κ3) is 4.85. The molecular weight excluding hydrogens is 308 g/mol. The second kappa shape index (κ2) is 8.89. The van der Waals surface area contributed by atoms with E-state index in [0.717, 1.165) is 19.5 Å². The molecule has 1 aliphatic heterocycles. The van der Waals surface area contributed by atoms with E-state index < -0.39 is 0 Å². The molecule has 1 heterocycles. The van der Waals surface area contributed by atoms with Gasteiger partial charge in [-0.1, -0.05) is 6.92 Å². The Hall–Kier alpha value is -1.79. The van der Waals surface area contributed by atoms with E-state index in [9.17, 15) is 9.90 Å². The Morgan fingerprint density at radius 1 is 1.25 bits per heavy atom. The maximum absolute atomic E-state index is 12.7. The van der Waals surface area contributed by atoms with Gasteiger partial charge in [0.2, 0.25) is 0 Å². The van der Waals surface area contributed by atoms with Crippen LogP contribution in [0.4, 0.5) is 0 Å². The molecule has 0 bridgehead atoms. The predicted molar refractivity (Wildman–Crippen MR) is 92.8 cm³/mol. The molecule has 1 N–H and O–H groups in total. The molecule has 6 nitrogen and oxygen atoms in total. The van der Waals surface area contributed by atoms with Crippen molar-refractivity contribution in [2.24, 2.45) is 0 Å². The van der Waals surface area contributed by atoms with E-state index in [1.165, 1.54) is 0 Å². The van der Waals surface area contributed by atoms with E-state index in [1.54, 1.807) is 32.2 Å². The Bertz CT molecular complexity index is 540. The lowest BCUT2D eigenvalue weighted by molar-refractivity contribution is 0.0554. The van der Waals surface area contributed by atoms with Gasteiger partial charge in [-0.15, -0.1) is 0 Å². The number of β-amino-alcohol motifs (C(OH)–C–C–N with tert-alkyl or cyclic N) is 1. The zero-order chi connectivity index (χ0) is 17.5. The van der Waals surface area contributed by atoms with Crippen LogP contribution in [-0.4, -0.2) is 73.4 Å². The summed E-state index contributed by atoms with van der Waals surface area (Å²) in [6, 6.07) is 5.33. The maximum Gasteiger partial charge on any atom is 0.254 e. The zero-order valence-electron chi connectivity index (χ0n) is 14.8. The molecule has 1 aromatic rings. The van der Waals surface area contributed by atoms with Crippen LogP contribution >= 0.6 is 0 Å². The van der Waals surface area contributed by atoms with Crippen LogP contribution in [-0.2, 0) is 0 Å². The Kier molecular flexibility index (Phi) is 6.87. The van der Waals surface area contributed by atoms with Crippen LogP contribution in [0, 0.1) is 0 Å². The first kappa shape index (κ1) is 18.5. The first-order chi connectivity index (χ1) is 11.5. The molecule has 24 heavy (non-hydrogen) atoms. The molecule has 2 rings (SSSR count). The van der Waals surface area contributed by atoms with Crippen molar-refractivity contribution in [3.8, 4) is 11.5 Å². The van der Waals surface area contributed by atoms with Crippen molar-refractivity contribution in [2.75, 3.05) is 46.4 Å². The minimum absolute atomic E-state index is 0.00652. The number of hydrogen-bond donors (Lipinski definition) is 1. The van der Waals surface area contributed by atoms with Crippen molar-refractivity contribution in [3.05, 3.63) is 23.8 Å². The highest BCUT2D eigenvalue weighted by Gasteiger charge is 2.23. The Morgan fingerprint density at radius 2 is 1.96 bits per heavy atom. The molecule has 1 saturated heterocycles. The van der Waals surface area contributed by atoms with Crippen molar-refractivity contribution in [1.29, 1.82) is 0 Å². The summed E-state index contributed by atoms with van der Waals surface area (Å²) >= 11 is 0. The van der Waals surface area contributed by atoms with Gasteiger partial charge in [0.25, 0.3) is 5.91 Å². The van der Waals surface area contributed by atoms with Gasteiger partial charge in [-0.3, -0.25) is 9.69 Å². The van der Waals surface area contributed by atoms with E-state index in [0.29, 0.717) is 43.3 Å². The Balaban J connectivity index is 2.00. The third-order valence-electron chi connectivity index (χ3n) is 4.05. The van der Waals surface area contributed by atoms with Crippen LogP contribution in [0.3, 0.4) is 0 Å². The number of amides is 1. The van der Waals surface area contributed by atoms with Gasteiger partial charge in [0.05, 0.1) is 19.8 Å². The first-order valence-corrected chi connectivity index (χ1v) is 8.55. The normalized spacial score (nSPS) is 16.8. The number of nitrogens with zero attached hydrogens (tertiary/aromatic N) is 2. The minimum atomic E-state index is -0.341. The third-order valence-corrected chi connectivity index (χ3v) is 4.05. The molecule has 6 heteroatoms. The zero-order valence-corrected chi connectivity index (χ0v) is 14.8. The number of benzene rings is 1. The van der Waals surface area contributed by atoms with Gasteiger partial charge in [-0.25, -0.2) is 0 Å². The number of hydrogen-bond acceptors (Lipinski definition) is 5. The van der Waals surface area contributed by atoms with E-state index in [4.69, 9.17) is 9.47 Å². The second-order valence-corrected chi connectivity index (χ2v) is 6.16. The van der Waals surface area contributed by atoms with Crippen LogP contribution < -0.4 is 9.47 Å². The average Bonchev–Trinajstić information content (AvgIpc) is 2.59. The number of methoxy groups -OCH3 is 1. The van der Waals surface area contributed by atoms with Gasteiger partial charge in [-0.2, -0.15) is 0 Å². The summed E-state index contributed by atoms with van der Waals surface area (Å²) in [5.74, 6) is 1.26. The predicted octanol–water partition coefficient (Wildman–Crippen LogP) is 1.62. The smallest absolute Gasteiger partial charge is 0.254 e. The van der Waals surface area contributed by atoms with Crippen molar-refractivity contribution >= 4 is 5.91 Å². The van der Waals surface area contributed by atoms with Gasteiger partial charge in [0.15, 0.2) is 11.5 Å². The molecule has 0 saturated carbocycles. The quantitative estimate of drug-likeness (QED) is 0.820. The number of aliphatic hydroxyl groups excluding tert-OH is 1. The fourth-order valence-electron chi connectivity index (χ4n) is 2.82. The van der Waals surface area contributed by atoms with Crippen LogP contribution in [0.2, 0.25) is 0 Å². The van der Waals surface area contributed by atoms with Crippen molar-refractivity contribution < 1.29 is 19.4 Å². The molecular formula is C18H28N2O4. The summed E-state index contributed by atoms with van der Waals surface area (Å²) in [5, 5.41) is 9.45. The van der Waals surface area contributed by atoms with E-state index in [2.05, 4.69) is 4.90 Å². The number of aliphatic hydroxyl groups is 1. The first-order valence-electron chi connectivity index (χ1n) is 8.55. The van der Waals surface area contributed by atoms with Crippen LogP contribution in [0.15, 0.2) is 18.2 Å². The average molecular weight is 336 g/mol. The standard InChI is InChI=1S/C18H28N2O4/c1-4-11-24-16-6-5-15(12-17(16)23-3)18(22)20-9-7-19(8-10-20)13-14(2)21/h5-6,12,14,21H,4,7-11,13H2,1-3H3/t14-/m0/s1. The van der Waals surface area contributed by atoms with Gasteiger partial charge in [0.1, 0.15) is 0 Å². The molecule has 1 fully saturated rings. The summed E-state index contributed by atoms with van der Waals surface area (Å²) < 4.78 is 11.0. The number of carbonyl (C=O) groups is 1. The van der Waals surface area contributed by atoms with Gasteiger partial charge >= 0.3 is 0 Å². The molecule has 0 spiro atoms. The van der Waals surface area contributed by atoms with E-state index in [-0.39, 0.29) is 12.0 Å². The van der Waals surface area contributed by atoms with Crippen LogP contribution in [0.1, 0.15) is 30.6 Å².